The number of carbonyl (C=O) groups is 1. The van der Waals surface area contributed by atoms with Crippen LogP contribution in [-0.2, 0) is 11.8 Å². The second-order valence-electron chi connectivity index (χ2n) is 5.99. The van der Waals surface area contributed by atoms with Crippen molar-refractivity contribution in [2.75, 3.05) is 6.79 Å². The van der Waals surface area contributed by atoms with Crippen LogP contribution in [0.25, 0.3) is 0 Å². The number of ether oxygens (including phenoxy) is 2. The molecule has 0 atom stereocenters. The summed E-state index contributed by atoms with van der Waals surface area (Å²) in [7, 11) is 0. The van der Waals surface area contributed by atoms with Crippen LogP contribution in [-0.4, -0.2) is 22.9 Å². The van der Waals surface area contributed by atoms with E-state index in [9.17, 15) is 9.90 Å². The smallest absolute Gasteiger partial charge is 0.347 e. The van der Waals surface area contributed by atoms with Crippen LogP contribution in [0.3, 0.4) is 0 Å². The summed E-state index contributed by atoms with van der Waals surface area (Å²) < 4.78 is 10.7. The first-order chi connectivity index (χ1) is 10.4. The Kier molecular flexibility index (Phi) is 3.56. The van der Waals surface area contributed by atoms with Gasteiger partial charge >= 0.3 is 5.97 Å². The average Bonchev–Trinajstić information content (AvgIpc) is 3.04. The molecule has 1 N–H and O–H groups in total. The lowest BCUT2D eigenvalue weighted by Gasteiger charge is -2.22. The molecule has 1 aromatic heterocycles. The van der Waals surface area contributed by atoms with Crippen molar-refractivity contribution in [3.63, 3.8) is 0 Å². The molecule has 0 radical (unpaired) electrons. The molecule has 0 saturated carbocycles. The van der Waals surface area contributed by atoms with Crippen LogP contribution in [0.5, 0.6) is 11.5 Å². The molecule has 1 aliphatic heterocycles. The van der Waals surface area contributed by atoms with Gasteiger partial charge in [-0.1, -0.05) is 19.9 Å². The van der Waals surface area contributed by atoms with Gasteiger partial charge in [0.05, 0.1) is 10.7 Å². The molecule has 0 unspecified atom stereocenters. The second kappa shape index (κ2) is 5.28. The van der Waals surface area contributed by atoms with Gasteiger partial charge in [-0.15, -0.1) is 11.3 Å². The SMILES string of the molecule is Cc1nc(C(C)(C)Cc2ccc3c(c2)OCO3)sc1C(=O)O. The summed E-state index contributed by atoms with van der Waals surface area (Å²) in [6.07, 6.45) is 0.746. The van der Waals surface area contributed by atoms with Crippen molar-refractivity contribution in [2.24, 2.45) is 0 Å². The number of nitrogens with zero attached hydrogens (tertiary/aromatic N) is 1. The summed E-state index contributed by atoms with van der Waals surface area (Å²) in [5.74, 6) is 0.606. The summed E-state index contributed by atoms with van der Waals surface area (Å²) in [6, 6.07) is 5.89. The molecule has 6 heteroatoms. The van der Waals surface area contributed by atoms with Gasteiger partial charge in [-0.25, -0.2) is 9.78 Å². The van der Waals surface area contributed by atoms with E-state index in [1.807, 2.05) is 18.2 Å². The minimum atomic E-state index is -0.917. The van der Waals surface area contributed by atoms with Gasteiger partial charge in [-0.05, 0) is 31.0 Å². The Labute approximate surface area is 132 Å². The Morgan fingerprint density at radius 1 is 1.36 bits per heavy atom. The average molecular weight is 319 g/mol. The Hall–Kier alpha value is -2.08. The normalized spacial score (nSPS) is 13.4. The third-order valence-electron chi connectivity index (χ3n) is 3.65. The van der Waals surface area contributed by atoms with Crippen LogP contribution < -0.4 is 9.47 Å². The van der Waals surface area contributed by atoms with Crippen molar-refractivity contribution in [1.29, 1.82) is 0 Å². The van der Waals surface area contributed by atoms with Gasteiger partial charge in [0, 0.05) is 5.41 Å². The number of aromatic nitrogens is 1. The maximum atomic E-state index is 11.2. The highest BCUT2D eigenvalue weighted by molar-refractivity contribution is 7.13. The monoisotopic (exact) mass is 319 g/mol. The van der Waals surface area contributed by atoms with Gasteiger partial charge < -0.3 is 14.6 Å². The van der Waals surface area contributed by atoms with Crippen molar-refractivity contribution in [2.45, 2.75) is 32.6 Å². The number of hydrogen-bond donors (Lipinski definition) is 1. The number of thiazole rings is 1. The first-order valence-electron chi connectivity index (χ1n) is 6.96. The minimum Gasteiger partial charge on any atom is -0.477 e. The van der Waals surface area contributed by atoms with Crippen LogP contribution in [0.4, 0.5) is 0 Å². The molecule has 116 valence electrons. The molecular formula is C16H17NO4S. The van der Waals surface area contributed by atoms with E-state index in [1.165, 1.54) is 11.3 Å². The maximum absolute atomic E-state index is 11.2. The Morgan fingerprint density at radius 3 is 2.77 bits per heavy atom. The molecule has 2 heterocycles. The summed E-state index contributed by atoms with van der Waals surface area (Å²) in [6.45, 7) is 6.14. The van der Waals surface area contributed by atoms with Crippen LogP contribution in [0.2, 0.25) is 0 Å². The number of fused-ring (bicyclic) bond motifs is 1. The van der Waals surface area contributed by atoms with Gasteiger partial charge in [0.15, 0.2) is 11.5 Å². The fourth-order valence-corrected chi connectivity index (χ4v) is 3.53. The fraction of sp³-hybridized carbons (Fsp3) is 0.375. The van der Waals surface area contributed by atoms with E-state index in [0.29, 0.717) is 10.6 Å². The number of rotatable bonds is 4. The van der Waals surface area contributed by atoms with Crippen molar-refractivity contribution in [3.8, 4) is 11.5 Å². The Morgan fingerprint density at radius 2 is 2.09 bits per heavy atom. The molecule has 5 nitrogen and oxygen atoms in total. The van der Waals surface area contributed by atoms with Crippen molar-refractivity contribution in [3.05, 3.63) is 39.3 Å². The molecule has 0 saturated heterocycles. The van der Waals surface area contributed by atoms with Crippen LogP contribution in [0, 0.1) is 6.92 Å². The van der Waals surface area contributed by atoms with E-state index in [2.05, 4.69) is 18.8 Å². The Bertz CT molecular complexity index is 736. The van der Waals surface area contributed by atoms with E-state index < -0.39 is 5.97 Å². The zero-order valence-corrected chi connectivity index (χ0v) is 13.5. The molecule has 0 fully saturated rings. The van der Waals surface area contributed by atoms with Gasteiger partial charge in [0.1, 0.15) is 4.88 Å². The van der Waals surface area contributed by atoms with E-state index in [0.717, 1.165) is 28.5 Å². The van der Waals surface area contributed by atoms with Crippen LogP contribution >= 0.6 is 11.3 Å². The van der Waals surface area contributed by atoms with Crippen molar-refractivity contribution in [1.82, 2.24) is 4.98 Å². The summed E-state index contributed by atoms with van der Waals surface area (Å²) >= 11 is 1.25. The quantitative estimate of drug-likeness (QED) is 0.935. The molecule has 1 aliphatic rings. The first kappa shape index (κ1) is 14.8. The highest BCUT2D eigenvalue weighted by Crippen LogP contribution is 2.37. The van der Waals surface area contributed by atoms with Crippen molar-refractivity contribution >= 4 is 17.3 Å². The topological polar surface area (TPSA) is 68.7 Å². The van der Waals surface area contributed by atoms with Gasteiger partial charge in [0.25, 0.3) is 0 Å². The number of carboxylic acid groups (broad SMARTS) is 1. The molecule has 0 aliphatic carbocycles. The molecule has 0 bridgehead atoms. The maximum Gasteiger partial charge on any atom is 0.347 e. The third kappa shape index (κ3) is 2.66. The molecular weight excluding hydrogens is 302 g/mol. The lowest BCUT2D eigenvalue weighted by molar-refractivity contribution is 0.0701. The molecule has 1 aromatic carbocycles. The number of carboxylic acids is 1. The zero-order chi connectivity index (χ0) is 15.9. The lowest BCUT2D eigenvalue weighted by atomic mass is 9.86. The van der Waals surface area contributed by atoms with E-state index in [1.54, 1.807) is 6.92 Å². The van der Waals surface area contributed by atoms with Gasteiger partial charge in [-0.3, -0.25) is 0 Å². The van der Waals surface area contributed by atoms with E-state index in [4.69, 9.17) is 9.47 Å². The summed E-state index contributed by atoms with van der Waals surface area (Å²) in [5, 5.41) is 10.0. The molecule has 3 rings (SSSR count). The van der Waals surface area contributed by atoms with Gasteiger partial charge in [0.2, 0.25) is 6.79 Å². The Balaban J connectivity index is 1.87. The number of hydrogen-bond acceptors (Lipinski definition) is 5. The first-order valence-corrected chi connectivity index (χ1v) is 7.78. The van der Waals surface area contributed by atoms with Crippen LogP contribution in [0.1, 0.15) is 39.8 Å². The van der Waals surface area contributed by atoms with Crippen molar-refractivity contribution < 1.29 is 19.4 Å². The number of aromatic carboxylic acids is 1. The highest BCUT2D eigenvalue weighted by atomic mass is 32.1. The second-order valence-corrected chi connectivity index (χ2v) is 6.99. The standard InChI is InChI=1S/C16H17NO4S/c1-9-13(14(18)19)22-15(17-9)16(2,3)7-10-4-5-11-12(6-10)21-8-20-11/h4-6H,7-8H2,1-3H3,(H,18,19). The minimum absolute atomic E-state index is 0.253. The van der Waals surface area contributed by atoms with E-state index >= 15 is 0 Å². The van der Waals surface area contributed by atoms with Crippen LogP contribution in [0.15, 0.2) is 18.2 Å². The predicted molar refractivity (Wildman–Crippen MR) is 83.1 cm³/mol. The zero-order valence-electron chi connectivity index (χ0n) is 12.7. The summed E-state index contributed by atoms with van der Waals surface area (Å²) in [5.41, 5.74) is 1.43. The molecule has 22 heavy (non-hydrogen) atoms. The third-order valence-corrected chi connectivity index (χ3v) is 5.16. The number of benzene rings is 1. The molecule has 2 aromatic rings. The summed E-state index contributed by atoms with van der Waals surface area (Å²) in [4.78, 5) is 16.0. The fourth-order valence-electron chi connectivity index (χ4n) is 2.52. The molecule has 0 spiro atoms. The lowest BCUT2D eigenvalue weighted by Crippen LogP contribution is -2.20. The predicted octanol–water partition coefficient (Wildman–Crippen LogP) is 3.40. The molecule has 0 amide bonds. The van der Waals surface area contributed by atoms with E-state index in [-0.39, 0.29) is 12.2 Å². The highest BCUT2D eigenvalue weighted by Gasteiger charge is 2.28. The largest absolute Gasteiger partial charge is 0.477 e. The number of aryl methyl sites for hydroxylation is 1. The van der Waals surface area contributed by atoms with Gasteiger partial charge in [-0.2, -0.15) is 0 Å².